The van der Waals surface area contributed by atoms with Gasteiger partial charge in [-0.15, -0.1) is 0 Å². The minimum absolute atomic E-state index is 0.0828. The van der Waals surface area contributed by atoms with E-state index in [0.29, 0.717) is 24.1 Å². The second-order valence-electron chi connectivity index (χ2n) is 7.40. The number of likely N-dealkylation sites (tertiary alicyclic amines) is 1. The predicted octanol–water partition coefficient (Wildman–Crippen LogP) is 1.18. The van der Waals surface area contributed by atoms with Crippen LogP contribution in [0.4, 0.5) is 0 Å². The van der Waals surface area contributed by atoms with Crippen molar-refractivity contribution in [2.75, 3.05) is 13.1 Å². The molecular formula is C19H23N3O3. The first-order chi connectivity index (χ1) is 11.9. The molecule has 4 rings (SSSR count). The van der Waals surface area contributed by atoms with Gasteiger partial charge < -0.3 is 14.2 Å². The van der Waals surface area contributed by atoms with Crippen LogP contribution in [0, 0.1) is 12.8 Å². The Balaban J connectivity index is 1.64. The average molecular weight is 341 g/mol. The number of aromatic nitrogens is 2. The van der Waals surface area contributed by atoms with Crippen molar-refractivity contribution in [2.45, 2.75) is 32.4 Å². The summed E-state index contributed by atoms with van der Waals surface area (Å²) in [4.78, 5) is 26.3. The Kier molecular flexibility index (Phi) is 3.80. The molecule has 1 fully saturated rings. The van der Waals surface area contributed by atoms with E-state index in [2.05, 4.69) is 4.90 Å². The van der Waals surface area contributed by atoms with Crippen LogP contribution in [-0.2, 0) is 20.1 Å². The van der Waals surface area contributed by atoms with Gasteiger partial charge in [0, 0.05) is 62.7 Å². The largest absolute Gasteiger partial charge is 0.503 e. The van der Waals surface area contributed by atoms with Gasteiger partial charge in [-0.1, -0.05) is 6.07 Å². The van der Waals surface area contributed by atoms with Gasteiger partial charge in [0.25, 0.3) is 5.56 Å². The standard InChI is InChI=1S/C19H23N3O3/c1-12-6-17(23)19(25)16(20(12)2)11-21-8-13-7-14(10-21)15-4-3-5-18(24)22(15)9-13/h3-6,13-14,25H,7-11H2,1-2H3/t13-,14-/m0/s1. The van der Waals surface area contributed by atoms with Gasteiger partial charge in [0.2, 0.25) is 5.43 Å². The van der Waals surface area contributed by atoms with E-state index in [1.54, 1.807) is 6.07 Å². The summed E-state index contributed by atoms with van der Waals surface area (Å²) in [5.74, 6) is 0.598. The van der Waals surface area contributed by atoms with Crippen LogP contribution < -0.4 is 11.0 Å². The molecule has 132 valence electrons. The highest BCUT2D eigenvalue weighted by Gasteiger charge is 2.34. The van der Waals surface area contributed by atoms with Gasteiger partial charge in [-0.3, -0.25) is 14.5 Å². The number of rotatable bonds is 2. The first-order valence-corrected chi connectivity index (χ1v) is 8.74. The maximum atomic E-state index is 12.1. The number of aryl methyl sites for hydroxylation is 1. The molecule has 2 bridgehead atoms. The number of fused-ring (bicyclic) bond motifs is 4. The molecule has 2 aliphatic heterocycles. The second-order valence-corrected chi connectivity index (χ2v) is 7.40. The van der Waals surface area contributed by atoms with Crippen molar-refractivity contribution in [1.29, 1.82) is 0 Å². The molecule has 6 heteroatoms. The number of pyridine rings is 2. The molecule has 0 spiro atoms. The SMILES string of the molecule is Cc1cc(=O)c(O)c(CN2C[C@@H]3C[C@@H](C2)c2cccc(=O)n2C3)n1C. The summed E-state index contributed by atoms with van der Waals surface area (Å²) < 4.78 is 3.80. The molecule has 0 saturated carbocycles. The van der Waals surface area contributed by atoms with Gasteiger partial charge >= 0.3 is 0 Å². The molecule has 2 aliphatic rings. The molecule has 1 saturated heterocycles. The van der Waals surface area contributed by atoms with E-state index in [1.165, 1.54) is 6.07 Å². The second kappa shape index (κ2) is 5.88. The Labute approximate surface area is 145 Å². The molecule has 2 aromatic heterocycles. The molecule has 6 nitrogen and oxygen atoms in total. The Morgan fingerprint density at radius 2 is 2.00 bits per heavy atom. The maximum absolute atomic E-state index is 12.1. The Bertz CT molecular complexity index is 944. The van der Waals surface area contributed by atoms with E-state index in [9.17, 15) is 14.7 Å². The normalized spacial score (nSPS) is 22.6. The van der Waals surface area contributed by atoms with Gasteiger partial charge in [-0.05, 0) is 25.3 Å². The van der Waals surface area contributed by atoms with Gasteiger partial charge in [0.1, 0.15) is 0 Å². The summed E-state index contributed by atoms with van der Waals surface area (Å²) in [6.07, 6.45) is 1.10. The van der Waals surface area contributed by atoms with Crippen molar-refractivity contribution < 1.29 is 5.11 Å². The molecule has 0 aliphatic carbocycles. The van der Waals surface area contributed by atoms with Crippen LogP contribution in [0.2, 0.25) is 0 Å². The fourth-order valence-electron chi connectivity index (χ4n) is 4.39. The van der Waals surface area contributed by atoms with Gasteiger partial charge in [-0.25, -0.2) is 0 Å². The van der Waals surface area contributed by atoms with Crippen LogP contribution in [0.3, 0.4) is 0 Å². The quantitative estimate of drug-likeness (QED) is 0.891. The lowest BCUT2D eigenvalue weighted by atomic mass is 9.83. The molecule has 4 heterocycles. The van der Waals surface area contributed by atoms with E-state index < -0.39 is 0 Å². The van der Waals surface area contributed by atoms with Crippen LogP contribution in [0.15, 0.2) is 33.9 Å². The number of piperidine rings is 1. The summed E-state index contributed by atoms with van der Waals surface area (Å²) in [5, 5.41) is 10.2. The molecule has 2 aromatic rings. The summed E-state index contributed by atoms with van der Waals surface area (Å²) in [7, 11) is 1.88. The fourth-order valence-corrected chi connectivity index (χ4v) is 4.39. The maximum Gasteiger partial charge on any atom is 0.250 e. The zero-order valence-corrected chi connectivity index (χ0v) is 14.6. The fraction of sp³-hybridized carbons (Fsp3) is 0.474. The highest BCUT2D eigenvalue weighted by atomic mass is 16.3. The monoisotopic (exact) mass is 341 g/mol. The molecule has 0 unspecified atom stereocenters. The summed E-state index contributed by atoms with van der Waals surface area (Å²) in [6.45, 7) is 4.88. The van der Waals surface area contributed by atoms with Crippen LogP contribution in [0.1, 0.15) is 29.4 Å². The lowest BCUT2D eigenvalue weighted by Crippen LogP contribution is -2.47. The molecule has 0 radical (unpaired) electrons. The van der Waals surface area contributed by atoms with Crippen molar-refractivity contribution in [2.24, 2.45) is 13.0 Å². The van der Waals surface area contributed by atoms with Crippen molar-refractivity contribution in [3.05, 3.63) is 61.9 Å². The minimum Gasteiger partial charge on any atom is -0.503 e. The highest BCUT2D eigenvalue weighted by molar-refractivity contribution is 5.29. The topological polar surface area (TPSA) is 67.5 Å². The molecule has 1 N–H and O–H groups in total. The smallest absolute Gasteiger partial charge is 0.250 e. The number of hydrogen-bond acceptors (Lipinski definition) is 4. The number of aromatic hydroxyl groups is 1. The van der Waals surface area contributed by atoms with E-state index in [-0.39, 0.29) is 16.7 Å². The van der Waals surface area contributed by atoms with Crippen LogP contribution in [0.5, 0.6) is 5.75 Å². The number of nitrogens with zero attached hydrogens (tertiary/aromatic N) is 3. The average Bonchev–Trinajstić information content (AvgIpc) is 2.58. The minimum atomic E-state index is -0.320. The zero-order chi connectivity index (χ0) is 17.7. The lowest BCUT2D eigenvalue weighted by molar-refractivity contribution is 0.111. The lowest BCUT2D eigenvalue weighted by Gasteiger charge is -2.43. The van der Waals surface area contributed by atoms with Gasteiger partial charge in [-0.2, -0.15) is 0 Å². The summed E-state index contributed by atoms with van der Waals surface area (Å²) in [5.41, 5.74) is 2.37. The van der Waals surface area contributed by atoms with Crippen molar-refractivity contribution >= 4 is 0 Å². The Morgan fingerprint density at radius 3 is 2.80 bits per heavy atom. The Morgan fingerprint density at radius 1 is 1.20 bits per heavy atom. The Hall–Kier alpha value is -2.34. The highest BCUT2D eigenvalue weighted by Crippen LogP contribution is 2.35. The van der Waals surface area contributed by atoms with Crippen LogP contribution in [-0.4, -0.2) is 32.2 Å². The van der Waals surface area contributed by atoms with Gasteiger partial charge in [0.05, 0.1) is 5.69 Å². The van der Waals surface area contributed by atoms with Crippen molar-refractivity contribution in [3.8, 4) is 5.75 Å². The van der Waals surface area contributed by atoms with Crippen LogP contribution >= 0.6 is 0 Å². The molecule has 2 atom stereocenters. The first-order valence-electron chi connectivity index (χ1n) is 8.74. The van der Waals surface area contributed by atoms with Gasteiger partial charge in [0.15, 0.2) is 5.75 Å². The van der Waals surface area contributed by atoms with E-state index in [0.717, 1.165) is 37.4 Å². The third kappa shape index (κ3) is 2.70. The molecule has 25 heavy (non-hydrogen) atoms. The zero-order valence-electron chi connectivity index (χ0n) is 14.6. The predicted molar refractivity (Wildman–Crippen MR) is 94.9 cm³/mol. The van der Waals surface area contributed by atoms with E-state index >= 15 is 0 Å². The van der Waals surface area contributed by atoms with E-state index in [4.69, 9.17) is 0 Å². The molecule has 0 aromatic carbocycles. The molecule has 0 amide bonds. The summed E-state index contributed by atoms with van der Waals surface area (Å²) >= 11 is 0. The summed E-state index contributed by atoms with van der Waals surface area (Å²) in [6, 6.07) is 6.98. The number of hydrogen-bond donors (Lipinski definition) is 1. The third-order valence-corrected chi connectivity index (χ3v) is 5.71. The van der Waals surface area contributed by atoms with Crippen LogP contribution in [0.25, 0.3) is 0 Å². The van der Waals surface area contributed by atoms with Crippen molar-refractivity contribution in [3.63, 3.8) is 0 Å². The van der Waals surface area contributed by atoms with E-state index in [1.807, 2.05) is 35.2 Å². The molecular weight excluding hydrogens is 318 g/mol. The first kappa shape index (κ1) is 16.1. The van der Waals surface area contributed by atoms with Crippen molar-refractivity contribution in [1.82, 2.24) is 14.0 Å². The third-order valence-electron chi connectivity index (χ3n) is 5.71.